The lowest BCUT2D eigenvalue weighted by molar-refractivity contribution is 0.0140. The number of aliphatic hydroxyl groups excluding tert-OH is 1. The maximum atomic E-state index is 10.4. The molecule has 0 unspecified atom stereocenters. The lowest BCUT2D eigenvalue weighted by Gasteiger charge is -2.20. The maximum Gasteiger partial charge on any atom is 0.265 e. The molecule has 7 heteroatoms. The molecule has 6 nitrogen and oxygen atoms in total. The van der Waals surface area contributed by atoms with Gasteiger partial charge in [-0.2, -0.15) is 8.42 Å². The zero-order valence-corrected chi connectivity index (χ0v) is 11.3. The van der Waals surface area contributed by atoms with E-state index in [2.05, 4.69) is 0 Å². The van der Waals surface area contributed by atoms with Crippen LogP contribution < -0.4 is 0 Å². The van der Waals surface area contributed by atoms with Crippen LogP contribution in [0.3, 0.4) is 0 Å². The van der Waals surface area contributed by atoms with E-state index in [1.807, 2.05) is 0 Å². The summed E-state index contributed by atoms with van der Waals surface area (Å²) in [6.45, 7) is 2.70. The van der Waals surface area contributed by atoms with Crippen molar-refractivity contribution in [2.45, 2.75) is 31.8 Å². The zero-order chi connectivity index (χ0) is 13.4. The Morgan fingerprint density at radius 2 is 1.39 bits per heavy atom. The number of ether oxygens (including phenoxy) is 2. The first-order valence-electron chi connectivity index (χ1n) is 6.26. The summed E-state index contributed by atoms with van der Waals surface area (Å²) in [4.78, 5) is 0. The van der Waals surface area contributed by atoms with Crippen molar-refractivity contribution in [1.82, 2.24) is 0 Å². The molecule has 2 rings (SSSR count). The summed E-state index contributed by atoms with van der Waals surface area (Å²) in [6, 6.07) is 0. The highest BCUT2D eigenvalue weighted by atomic mass is 32.2. The number of rotatable bonds is 2. The second kappa shape index (κ2) is 8.06. The minimum Gasteiger partial charge on any atom is -0.393 e. The first-order chi connectivity index (χ1) is 8.47. The van der Waals surface area contributed by atoms with Gasteiger partial charge in [0.1, 0.15) is 0 Å². The third-order valence-electron chi connectivity index (χ3n) is 2.98. The Labute approximate surface area is 108 Å². The van der Waals surface area contributed by atoms with Gasteiger partial charge in [-0.05, 0) is 31.6 Å². The molecule has 18 heavy (non-hydrogen) atoms. The van der Waals surface area contributed by atoms with Gasteiger partial charge in [0.15, 0.2) is 0 Å². The van der Waals surface area contributed by atoms with E-state index in [4.69, 9.17) is 19.1 Å². The van der Waals surface area contributed by atoms with E-state index in [-0.39, 0.29) is 17.8 Å². The molecule has 0 amide bonds. The van der Waals surface area contributed by atoms with Gasteiger partial charge >= 0.3 is 0 Å². The van der Waals surface area contributed by atoms with Crippen LogP contribution in [0.5, 0.6) is 0 Å². The first kappa shape index (κ1) is 15.8. The Morgan fingerprint density at radius 3 is 1.72 bits per heavy atom. The topological polar surface area (TPSA) is 93.1 Å². The summed E-state index contributed by atoms with van der Waals surface area (Å²) >= 11 is 0. The molecule has 2 heterocycles. The molecule has 108 valence electrons. The quantitative estimate of drug-likeness (QED) is 0.715. The zero-order valence-electron chi connectivity index (χ0n) is 10.5. The first-order valence-corrected chi connectivity index (χ1v) is 7.87. The van der Waals surface area contributed by atoms with Crippen LogP contribution >= 0.6 is 0 Å². The van der Waals surface area contributed by atoms with E-state index in [1.54, 1.807) is 0 Å². The molecule has 0 saturated carbocycles. The van der Waals surface area contributed by atoms with Crippen LogP contribution in [-0.4, -0.2) is 56.4 Å². The summed E-state index contributed by atoms with van der Waals surface area (Å²) < 4.78 is 39.3. The van der Waals surface area contributed by atoms with Crippen LogP contribution in [-0.2, 0) is 19.6 Å². The summed E-state index contributed by atoms with van der Waals surface area (Å²) in [5, 5.41) is 8.83. The van der Waals surface area contributed by atoms with Crippen LogP contribution in [0.1, 0.15) is 25.7 Å². The highest BCUT2D eigenvalue weighted by Crippen LogP contribution is 2.15. The third kappa shape index (κ3) is 7.99. The molecule has 0 atom stereocenters. The molecule has 0 spiro atoms. The van der Waals surface area contributed by atoms with Crippen LogP contribution in [0.4, 0.5) is 0 Å². The fourth-order valence-corrected chi connectivity index (χ4v) is 2.83. The van der Waals surface area contributed by atoms with E-state index in [9.17, 15) is 8.42 Å². The molecule has 2 saturated heterocycles. The van der Waals surface area contributed by atoms with Crippen molar-refractivity contribution in [3.8, 4) is 0 Å². The molecule has 0 aromatic carbocycles. The second-order valence-corrected chi connectivity index (χ2v) is 6.15. The van der Waals surface area contributed by atoms with Gasteiger partial charge in [-0.3, -0.25) is 4.55 Å². The van der Waals surface area contributed by atoms with Crippen molar-refractivity contribution in [1.29, 1.82) is 0 Å². The third-order valence-corrected chi connectivity index (χ3v) is 3.87. The lowest BCUT2D eigenvalue weighted by atomic mass is 10.0. The smallest absolute Gasteiger partial charge is 0.265 e. The van der Waals surface area contributed by atoms with Crippen LogP contribution in [0.25, 0.3) is 0 Å². The van der Waals surface area contributed by atoms with Crippen LogP contribution in [0, 0.1) is 5.92 Å². The molecule has 0 aromatic rings. The van der Waals surface area contributed by atoms with Crippen molar-refractivity contribution < 1.29 is 27.6 Å². The van der Waals surface area contributed by atoms with Gasteiger partial charge in [0.2, 0.25) is 0 Å². The number of aliphatic hydroxyl groups is 1. The maximum absolute atomic E-state index is 10.4. The van der Waals surface area contributed by atoms with Crippen molar-refractivity contribution in [3.05, 3.63) is 0 Å². The molecule has 0 aromatic heterocycles. The Hall–Kier alpha value is -0.210. The summed E-state index contributed by atoms with van der Waals surface area (Å²) in [5.74, 6) is -0.0325. The average Bonchev–Trinajstić information content (AvgIpc) is 2.30. The van der Waals surface area contributed by atoms with Gasteiger partial charge in [-0.1, -0.05) is 0 Å². The molecular weight excluding hydrogens is 260 g/mol. The number of hydrogen-bond acceptors (Lipinski definition) is 5. The van der Waals surface area contributed by atoms with Crippen LogP contribution in [0.15, 0.2) is 0 Å². The largest absolute Gasteiger partial charge is 0.393 e. The van der Waals surface area contributed by atoms with Crippen molar-refractivity contribution in [2.24, 2.45) is 5.92 Å². The molecule has 0 aliphatic carbocycles. The fraction of sp³-hybridized carbons (Fsp3) is 1.00. The standard InChI is InChI=1S/C6H12O4S.C5H10O2/c7-11(8,9)5-6-1-3-10-4-2-6;6-5-1-3-7-4-2-5/h6H,1-5H2,(H,7,8,9);5-6H,1-4H2. The molecule has 2 aliphatic rings. The van der Waals surface area contributed by atoms with Crippen LogP contribution in [0.2, 0.25) is 0 Å². The normalized spacial score (nSPS) is 23.2. The predicted octanol–water partition coefficient (Wildman–Crippen LogP) is 0.458. The van der Waals surface area contributed by atoms with Crippen molar-refractivity contribution in [3.63, 3.8) is 0 Å². The SMILES string of the molecule is O=S(=O)(O)CC1CCOCC1.OC1CCOCC1. The summed E-state index contributed by atoms with van der Waals surface area (Å²) in [5.41, 5.74) is 0. The highest BCUT2D eigenvalue weighted by molar-refractivity contribution is 7.85. The van der Waals surface area contributed by atoms with Crippen molar-refractivity contribution >= 4 is 10.1 Å². The fourth-order valence-electron chi connectivity index (χ4n) is 1.90. The molecule has 2 N–H and O–H groups in total. The van der Waals surface area contributed by atoms with Gasteiger partial charge in [0, 0.05) is 26.4 Å². The Balaban J connectivity index is 0.000000199. The molecule has 2 fully saturated rings. The van der Waals surface area contributed by atoms with Gasteiger partial charge in [0.25, 0.3) is 10.1 Å². The van der Waals surface area contributed by atoms with Crippen molar-refractivity contribution in [2.75, 3.05) is 32.2 Å². The Bertz CT molecular complexity index is 303. The highest BCUT2D eigenvalue weighted by Gasteiger charge is 2.19. The second-order valence-electron chi connectivity index (χ2n) is 4.65. The monoisotopic (exact) mass is 282 g/mol. The van der Waals surface area contributed by atoms with E-state index in [0.29, 0.717) is 13.2 Å². The minimum absolute atomic E-state index is 0.0822. The predicted molar refractivity (Wildman–Crippen MR) is 66.0 cm³/mol. The van der Waals surface area contributed by atoms with Gasteiger partial charge in [-0.15, -0.1) is 0 Å². The summed E-state index contributed by atoms with van der Waals surface area (Å²) in [7, 11) is -3.78. The average molecular weight is 282 g/mol. The Morgan fingerprint density at radius 1 is 0.944 bits per heavy atom. The lowest BCUT2D eigenvalue weighted by Crippen LogP contribution is -2.22. The van der Waals surface area contributed by atoms with E-state index in [0.717, 1.165) is 38.9 Å². The van der Waals surface area contributed by atoms with E-state index >= 15 is 0 Å². The summed E-state index contributed by atoms with van der Waals surface area (Å²) in [6.07, 6.45) is 3.02. The molecular formula is C11H22O6S. The number of hydrogen-bond donors (Lipinski definition) is 2. The van der Waals surface area contributed by atoms with E-state index in [1.165, 1.54) is 0 Å². The van der Waals surface area contributed by atoms with Gasteiger partial charge < -0.3 is 14.6 Å². The molecule has 2 aliphatic heterocycles. The minimum atomic E-state index is -3.78. The molecule has 0 radical (unpaired) electrons. The van der Waals surface area contributed by atoms with E-state index < -0.39 is 10.1 Å². The van der Waals surface area contributed by atoms with Gasteiger partial charge in [-0.25, -0.2) is 0 Å². The Kier molecular flexibility index (Phi) is 7.10. The van der Waals surface area contributed by atoms with Gasteiger partial charge in [0.05, 0.1) is 11.9 Å². The molecule has 0 bridgehead atoms.